The first-order chi connectivity index (χ1) is 10.9. The minimum absolute atomic E-state index is 0.405. The lowest BCUT2D eigenvalue weighted by Crippen LogP contribution is -2.03. The molecule has 3 aromatic rings. The van der Waals surface area contributed by atoms with Gasteiger partial charge >= 0.3 is 0 Å². The zero-order valence-corrected chi connectivity index (χ0v) is 12.1. The highest BCUT2D eigenvalue weighted by molar-refractivity contribution is 5.25. The van der Waals surface area contributed by atoms with E-state index in [-0.39, 0.29) is 0 Å². The molecule has 1 heterocycles. The Hall–Kier alpha value is -2.88. The van der Waals surface area contributed by atoms with Crippen molar-refractivity contribution in [1.29, 1.82) is 0 Å². The van der Waals surface area contributed by atoms with Crippen LogP contribution < -0.4 is 9.47 Å². The molecule has 0 N–H and O–H groups in total. The molecule has 22 heavy (non-hydrogen) atoms. The third-order valence-corrected chi connectivity index (χ3v) is 3.07. The molecule has 0 aliphatic carbocycles. The van der Waals surface area contributed by atoms with Crippen LogP contribution in [0.15, 0.2) is 73.1 Å². The molecule has 2 aromatic carbocycles. The number of nitrogens with zero attached hydrogens (tertiary/aromatic N) is 2. The number of aromatic nitrogens is 2. The van der Waals surface area contributed by atoms with Gasteiger partial charge in [0.2, 0.25) is 0 Å². The SMILES string of the molecule is c1ccc(COc2nccnc2OCc2ccccc2)cc1. The molecule has 0 atom stereocenters. The lowest BCUT2D eigenvalue weighted by Gasteiger charge is -2.10. The minimum Gasteiger partial charge on any atom is -0.469 e. The summed E-state index contributed by atoms with van der Waals surface area (Å²) < 4.78 is 11.4. The molecule has 0 amide bonds. The summed E-state index contributed by atoms with van der Waals surface area (Å²) in [7, 11) is 0. The molecule has 0 saturated heterocycles. The van der Waals surface area contributed by atoms with E-state index in [1.807, 2.05) is 60.7 Å². The van der Waals surface area contributed by atoms with Gasteiger partial charge in [0.05, 0.1) is 0 Å². The molecule has 0 aliphatic heterocycles. The quantitative estimate of drug-likeness (QED) is 0.696. The van der Waals surface area contributed by atoms with Crippen LogP contribution in [0.3, 0.4) is 0 Å². The summed E-state index contributed by atoms with van der Waals surface area (Å²) in [5, 5.41) is 0. The maximum absolute atomic E-state index is 5.71. The minimum atomic E-state index is 0.405. The fraction of sp³-hybridized carbons (Fsp3) is 0.111. The third-order valence-electron chi connectivity index (χ3n) is 3.07. The Bertz CT molecular complexity index is 640. The molecule has 0 fully saturated rings. The molecule has 110 valence electrons. The Morgan fingerprint density at radius 3 is 1.41 bits per heavy atom. The van der Waals surface area contributed by atoms with Crippen molar-refractivity contribution in [3.8, 4) is 11.8 Å². The van der Waals surface area contributed by atoms with E-state index in [0.717, 1.165) is 11.1 Å². The number of hydrogen-bond acceptors (Lipinski definition) is 4. The molecule has 0 bridgehead atoms. The van der Waals surface area contributed by atoms with Crippen molar-refractivity contribution in [2.75, 3.05) is 0 Å². The van der Waals surface area contributed by atoms with E-state index in [1.54, 1.807) is 12.4 Å². The summed E-state index contributed by atoms with van der Waals surface area (Å²) in [6.07, 6.45) is 3.19. The van der Waals surface area contributed by atoms with Crippen LogP contribution in [0.1, 0.15) is 11.1 Å². The van der Waals surface area contributed by atoms with Gasteiger partial charge in [0.25, 0.3) is 11.8 Å². The maximum atomic E-state index is 5.71. The Morgan fingerprint density at radius 2 is 1.00 bits per heavy atom. The Balaban J connectivity index is 1.65. The zero-order valence-electron chi connectivity index (χ0n) is 12.1. The molecule has 4 heteroatoms. The van der Waals surface area contributed by atoms with Crippen molar-refractivity contribution in [2.24, 2.45) is 0 Å². The van der Waals surface area contributed by atoms with Crippen molar-refractivity contribution < 1.29 is 9.47 Å². The van der Waals surface area contributed by atoms with Crippen molar-refractivity contribution in [3.63, 3.8) is 0 Å². The lowest BCUT2D eigenvalue weighted by atomic mass is 10.2. The average molecular weight is 292 g/mol. The summed E-state index contributed by atoms with van der Waals surface area (Å²) in [6, 6.07) is 19.8. The van der Waals surface area contributed by atoms with Gasteiger partial charge in [-0.25, -0.2) is 9.97 Å². The lowest BCUT2D eigenvalue weighted by molar-refractivity contribution is 0.238. The fourth-order valence-electron chi connectivity index (χ4n) is 1.96. The van der Waals surface area contributed by atoms with Crippen LogP contribution in [0.5, 0.6) is 11.8 Å². The molecule has 4 nitrogen and oxygen atoms in total. The van der Waals surface area contributed by atoms with E-state index in [2.05, 4.69) is 9.97 Å². The monoisotopic (exact) mass is 292 g/mol. The van der Waals surface area contributed by atoms with Crippen molar-refractivity contribution in [2.45, 2.75) is 13.2 Å². The number of benzene rings is 2. The molecule has 0 aliphatic rings. The highest BCUT2D eigenvalue weighted by atomic mass is 16.5. The first-order valence-electron chi connectivity index (χ1n) is 7.06. The van der Waals surface area contributed by atoms with E-state index >= 15 is 0 Å². The van der Waals surface area contributed by atoms with Crippen LogP contribution in [-0.4, -0.2) is 9.97 Å². The third kappa shape index (κ3) is 3.82. The summed E-state index contributed by atoms with van der Waals surface area (Å²) in [5.41, 5.74) is 2.14. The molecule has 3 rings (SSSR count). The van der Waals surface area contributed by atoms with Gasteiger partial charge in [0.15, 0.2) is 0 Å². The molecule has 1 aromatic heterocycles. The smallest absolute Gasteiger partial charge is 0.278 e. The fourth-order valence-corrected chi connectivity index (χ4v) is 1.96. The second kappa shape index (κ2) is 7.22. The highest BCUT2D eigenvalue weighted by Gasteiger charge is 2.08. The Kier molecular flexibility index (Phi) is 4.62. The van der Waals surface area contributed by atoms with Gasteiger partial charge < -0.3 is 9.47 Å². The first kappa shape index (κ1) is 14.1. The van der Waals surface area contributed by atoms with E-state index in [9.17, 15) is 0 Å². The van der Waals surface area contributed by atoms with E-state index < -0.39 is 0 Å². The van der Waals surface area contributed by atoms with Crippen molar-refractivity contribution in [1.82, 2.24) is 9.97 Å². The van der Waals surface area contributed by atoms with Crippen LogP contribution in [0.4, 0.5) is 0 Å². The second-order valence-corrected chi connectivity index (χ2v) is 4.72. The molecular formula is C18H16N2O2. The second-order valence-electron chi connectivity index (χ2n) is 4.72. The van der Waals surface area contributed by atoms with Gasteiger partial charge in [-0.3, -0.25) is 0 Å². The van der Waals surface area contributed by atoms with Gasteiger partial charge in [-0.2, -0.15) is 0 Å². The first-order valence-corrected chi connectivity index (χ1v) is 7.06. The van der Waals surface area contributed by atoms with Crippen LogP contribution in [0.25, 0.3) is 0 Å². The zero-order chi connectivity index (χ0) is 15.0. The average Bonchev–Trinajstić information content (AvgIpc) is 2.61. The largest absolute Gasteiger partial charge is 0.469 e. The molecule has 0 unspecified atom stereocenters. The summed E-state index contributed by atoms with van der Waals surface area (Å²) in [4.78, 5) is 8.39. The normalized spacial score (nSPS) is 10.2. The van der Waals surface area contributed by atoms with Gasteiger partial charge in [0, 0.05) is 12.4 Å². The van der Waals surface area contributed by atoms with Gasteiger partial charge in [0.1, 0.15) is 13.2 Å². The van der Waals surface area contributed by atoms with Gasteiger partial charge in [-0.15, -0.1) is 0 Å². The van der Waals surface area contributed by atoms with E-state index in [0.29, 0.717) is 25.0 Å². The molecular weight excluding hydrogens is 276 g/mol. The Labute approximate surface area is 129 Å². The van der Waals surface area contributed by atoms with Crippen molar-refractivity contribution >= 4 is 0 Å². The van der Waals surface area contributed by atoms with E-state index in [4.69, 9.17) is 9.47 Å². The predicted octanol–water partition coefficient (Wildman–Crippen LogP) is 3.63. The van der Waals surface area contributed by atoms with Gasteiger partial charge in [-0.1, -0.05) is 60.7 Å². The maximum Gasteiger partial charge on any atom is 0.278 e. The number of hydrogen-bond donors (Lipinski definition) is 0. The summed E-state index contributed by atoms with van der Waals surface area (Å²) >= 11 is 0. The van der Waals surface area contributed by atoms with Crippen LogP contribution in [0, 0.1) is 0 Å². The molecule has 0 spiro atoms. The molecule has 0 saturated carbocycles. The molecule has 0 radical (unpaired) electrons. The van der Waals surface area contributed by atoms with Crippen molar-refractivity contribution in [3.05, 3.63) is 84.2 Å². The summed E-state index contributed by atoms with van der Waals surface area (Å²) in [6.45, 7) is 0.864. The van der Waals surface area contributed by atoms with Gasteiger partial charge in [-0.05, 0) is 11.1 Å². The van der Waals surface area contributed by atoms with E-state index in [1.165, 1.54) is 0 Å². The number of ether oxygens (including phenoxy) is 2. The number of rotatable bonds is 6. The van der Waals surface area contributed by atoms with Crippen LogP contribution >= 0.6 is 0 Å². The standard InChI is InChI=1S/C18H16N2O2/c1-3-7-15(8-4-1)13-21-17-18(20-12-11-19-17)22-14-16-9-5-2-6-10-16/h1-12H,13-14H2. The predicted molar refractivity (Wildman–Crippen MR) is 83.6 cm³/mol. The Morgan fingerprint density at radius 1 is 0.591 bits per heavy atom. The topological polar surface area (TPSA) is 44.2 Å². The summed E-state index contributed by atoms with van der Waals surface area (Å²) in [5.74, 6) is 0.810. The highest BCUT2D eigenvalue weighted by Crippen LogP contribution is 2.22. The van der Waals surface area contributed by atoms with Crippen LogP contribution in [0.2, 0.25) is 0 Å². The van der Waals surface area contributed by atoms with Crippen LogP contribution in [-0.2, 0) is 13.2 Å².